The van der Waals surface area contributed by atoms with Gasteiger partial charge in [0.1, 0.15) is 0 Å². The molecule has 1 saturated heterocycles. The van der Waals surface area contributed by atoms with E-state index in [1.165, 1.54) is 23.1 Å². The number of carbonyl (C=O) groups excluding carboxylic acids is 2. The van der Waals surface area contributed by atoms with Crippen LogP contribution in [0.4, 0.5) is 0 Å². The molecule has 4 rings (SSSR count). The first-order valence-corrected chi connectivity index (χ1v) is 10.2. The Balaban J connectivity index is 1.30. The minimum absolute atomic E-state index is 0.0605. The molecular weight excluding hydrogens is 368 g/mol. The molecule has 0 atom stereocenters. The Morgan fingerprint density at radius 1 is 1.08 bits per heavy atom. The van der Waals surface area contributed by atoms with Crippen LogP contribution in [-0.4, -0.2) is 62.9 Å². The quantitative estimate of drug-likeness (QED) is 0.647. The number of hydrogen-bond acceptors (Lipinski definition) is 5. The third-order valence-corrected chi connectivity index (χ3v) is 6.19. The second kappa shape index (κ2) is 7.51. The van der Waals surface area contributed by atoms with Crippen molar-refractivity contribution in [2.45, 2.75) is 5.16 Å². The maximum absolute atomic E-state index is 12.5. The van der Waals surface area contributed by atoms with Gasteiger partial charge in [-0.25, -0.2) is 4.98 Å². The molecule has 1 aliphatic heterocycles. The molecule has 26 heavy (non-hydrogen) atoms. The first-order chi connectivity index (χ1) is 12.7. The molecule has 0 radical (unpaired) electrons. The summed E-state index contributed by atoms with van der Waals surface area (Å²) in [7, 11) is 0. The van der Waals surface area contributed by atoms with Crippen molar-refractivity contribution in [3.05, 3.63) is 53.0 Å². The van der Waals surface area contributed by atoms with Crippen LogP contribution in [0.15, 0.2) is 53.3 Å². The Morgan fingerprint density at radius 2 is 1.88 bits per heavy atom. The fourth-order valence-electron chi connectivity index (χ4n) is 2.96. The Morgan fingerprint density at radius 3 is 2.65 bits per heavy atom. The third kappa shape index (κ3) is 3.47. The van der Waals surface area contributed by atoms with Crippen LogP contribution in [0.25, 0.3) is 5.52 Å². The lowest BCUT2D eigenvalue weighted by Gasteiger charge is -2.34. The van der Waals surface area contributed by atoms with Gasteiger partial charge in [0.15, 0.2) is 5.16 Å². The van der Waals surface area contributed by atoms with Gasteiger partial charge in [-0.1, -0.05) is 23.9 Å². The second-order valence-corrected chi connectivity index (χ2v) is 7.87. The fourth-order valence-corrected chi connectivity index (χ4v) is 4.52. The van der Waals surface area contributed by atoms with Crippen LogP contribution in [0.3, 0.4) is 0 Å². The minimum Gasteiger partial charge on any atom is -0.338 e. The number of fused-ring (bicyclic) bond motifs is 1. The van der Waals surface area contributed by atoms with Crippen LogP contribution in [0.2, 0.25) is 0 Å². The monoisotopic (exact) mass is 386 g/mol. The number of aromatic nitrogens is 2. The normalized spacial score (nSPS) is 14.8. The van der Waals surface area contributed by atoms with E-state index in [-0.39, 0.29) is 11.8 Å². The van der Waals surface area contributed by atoms with Gasteiger partial charge in [0.05, 0.1) is 22.3 Å². The summed E-state index contributed by atoms with van der Waals surface area (Å²) >= 11 is 2.90. The highest BCUT2D eigenvalue weighted by Gasteiger charge is 2.25. The zero-order valence-corrected chi connectivity index (χ0v) is 15.7. The highest BCUT2D eigenvalue weighted by Crippen LogP contribution is 2.19. The number of thioether (sulfide) groups is 1. The smallest absolute Gasteiger partial charge is 0.264 e. The predicted octanol–water partition coefficient (Wildman–Crippen LogP) is 2.47. The molecule has 0 unspecified atom stereocenters. The molecule has 0 N–H and O–H groups in total. The summed E-state index contributed by atoms with van der Waals surface area (Å²) in [5.41, 5.74) is 1.02. The van der Waals surface area contributed by atoms with Gasteiger partial charge < -0.3 is 9.80 Å². The number of imidazole rings is 1. The summed E-state index contributed by atoms with van der Waals surface area (Å²) in [6.45, 7) is 2.33. The lowest BCUT2D eigenvalue weighted by Crippen LogP contribution is -2.51. The average Bonchev–Trinajstić information content (AvgIpc) is 3.36. The number of rotatable bonds is 4. The van der Waals surface area contributed by atoms with Gasteiger partial charge in [-0.2, -0.15) is 0 Å². The number of hydrogen-bond donors (Lipinski definition) is 0. The molecule has 6 nitrogen and oxygen atoms in total. The number of thiophene rings is 1. The Kier molecular flexibility index (Phi) is 4.94. The van der Waals surface area contributed by atoms with E-state index in [1.807, 2.05) is 62.3 Å². The van der Waals surface area contributed by atoms with Crippen LogP contribution >= 0.6 is 23.1 Å². The molecular formula is C18H18N4O2S2. The van der Waals surface area contributed by atoms with Crippen molar-refractivity contribution in [3.8, 4) is 0 Å². The molecule has 8 heteroatoms. The molecule has 0 saturated carbocycles. The van der Waals surface area contributed by atoms with Gasteiger partial charge in [0, 0.05) is 32.4 Å². The zero-order chi connectivity index (χ0) is 17.9. The van der Waals surface area contributed by atoms with Crippen molar-refractivity contribution in [1.82, 2.24) is 19.2 Å². The van der Waals surface area contributed by atoms with Gasteiger partial charge in [0.25, 0.3) is 5.91 Å². The average molecular weight is 387 g/mol. The van der Waals surface area contributed by atoms with Gasteiger partial charge >= 0.3 is 0 Å². The summed E-state index contributed by atoms with van der Waals surface area (Å²) in [6, 6.07) is 9.63. The summed E-state index contributed by atoms with van der Waals surface area (Å²) < 4.78 is 1.98. The highest BCUT2D eigenvalue weighted by atomic mass is 32.2. The third-order valence-electron chi connectivity index (χ3n) is 4.38. The Labute approximate surface area is 159 Å². The van der Waals surface area contributed by atoms with Crippen molar-refractivity contribution < 1.29 is 9.59 Å². The van der Waals surface area contributed by atoms with Gasteiger partial charge in [-0.05, 0) is 23.6 Å². The highest BCUT2D eigenvalue weighted by molar-refractivity contribution is 7.99. The molecule has 0 aliphatic carbocycles. The van der Waals surface area contributed by atoms with E-state index in [2.05, 4.69) is 4.98 Å². The van der Waals surface area contributed by atoms with Gasteiger partial charge in [-0.3, -0.25) is 14.0 Å². The Bertz CT molecular complexity index is 914. The van der Waals surface area contributed by atoms with E-state index in [0.29, 0.717) is 31.9 Å². The molecule has 0 spiro atoms. The van der Waals surface area contributed by atoms with Crippen LogP contribution in [-0.2, 0) is 4.79 Å². The molecule has 1 aliphatic rings. The lowest BCUT2D eigenvalue weighted by atomic mass is 10.3. The van der Waals surface area contributed by atoms with Crippen molar-refractivity contribution in [2.24, 2.45) is 0 Å². The number of pyridine rings is 1. The van der Waals surface area contributed by atoms with E-state index in [0.717, 1.165) is 15.6 Å². The largest absolute Gasteiger partial charge is 0.338 e. The molecule has 0 bridgehead atoms. The van der Waals surface area contributed by atoms with Crippen molar-refractivity contribution >= 4 is 40.4 Å². The molecule has 134 valence electrons. The molecule has 2 amide bonds. The number of carbonyl (C=O) groups is 2. The van der Waals surface area contributed by atoms with E-state index in [4.69, 9.17) is 0 Å². The molecule has 1 fully saturated rings. The summed E-state index contributed by atoms with van der Waals surface area (Å²) in [5, 5.41) is 2.73. The topological polar surface area (TPSA) is 57.9 Å². The Hall–Kier alpha value is -2.32. The molecule has 3 aromatic heterocycles. The molecule has 3 aromatic rings. The second-order valence-electron chi connectivity index (χ2n) is 5.98. The van der Waals surface area contributed by atoms with E-state index in [9.17, 15) is 9.59 Å². The van der Waals surface area contributed by atoms with E-state index in [1.54, 1.807) is 0 Å². The van der Waals surface area contributed by atoms with Crippen LogP contribution < -0.4 is 0 Å². The summed E-state index contributed by atoms with van der Waals surface area (Å²) in [6.07, 6.45) is 3.76. The van der Waals surface area contributed by atoms with Crippen LogP contribution in [0.1, 0.15) is 9.67 Å². The maximum atomic E-state index is 12.5. The van der Waals surface area contributed by atoms with Crippen LogP contribution in [0.5, 0.6) is 0 Å². The maximum Gasteiger partial charge on any atom is 0.264 e. The van der Waals surface area contributed by atoms with Gasteiger partial charge in [-0.15, -0.1) is 11.3 Å². The molecule has 0 aromatic carbocycles. The summed E-state index contributed by atoms with van der Waals surface area (Å²) in [4.78, 5) is 33.7. The summed E-state index contributed by atoms with van der Waals surface area (Å²) in [5.74, 6) is 0.503. The zero-order valence-electron chi connectivity index (χ0n) is 14.1. The standard InChI is InChI=1S/C18H18N4O2S2/c23-16(13-26-18-19-12-14-4-1-2-6-22(14)18)20-7-9-21(10-8-20)17(24)15-5-3-11-25-15/h1-6,11-12H,7-10,13H2. The molecule has 4 heterocycles. The van der Waals surface area contributed by atoms with Crippen molar-refractivity contribution in [3.63, 3.8) is 0 Å². The lowest BCUT2D eigenvalue weighted by molar-refractivity contribution is -0.129. The number of amides is 2. The fraction of sp³-hybridized carbons (Fsp3) is 0.278. The van der Waals surface area contributed by atoms with Crippen molar-refractivity contribution in [2.75, 3.05) is 31.9 Å². The van der Waals surface area contributed by atoms with E-state index >= 15 is 0 Å². The van der Waals surface area contributed by atoms with Crippen LogP contribution in [0, 0.1) is 0 Å². The first-order valence-electron chi connectivity index (χ1n) is 8.38. The van der Waals surface area contributed by atoms with E-state index < -0.39 is 0 Å². The minimum atomic E-state index is 0.0605. The SMILES string of the molecule is O=C(CSc1ncc2ccccn12)N1CCN(C(=O)c2cccs2)CC1. The van der Waals surface area contributed by atoms with Gasteiger partial charge in [0.2, 0.25) is 5.91 Å². The first kappa shape index (κ1) is 17.1. The predicted molar refractivity (Wildman–Crippen MR) is 103 cm³/mol. The number of piperazine rings is 1. The number of nitrogens with zero attached hydrogens (tertiary/aromatic N) is 4. The van der Waals surface area contributed by atoms with Crippen molar-refractivity contribution in [1.29, 1.82) is 0 Å².